The van der Waals surface area contributed by atoms with E-state index in [0.29, 0.717) is 11.1 Å². The minimum absolute atomic E-state index is 0.213. The summed E-state index contributed by atoms with van der Waals surface area (Å²) in [5.41, 5.74) is 4.95. The molecule has 1 aliphatic rings. The Labute approximate surface area is 226 Å². The van der Waals surface area contributed by atoms with Gasteiger partial charge in [-0.25, -0.2) is 13.0 Å². The van der Waals surface area contributed by atoms with E-state index < -0.39 is 10.1 Å². The number of nitrogens with zero attached hydrogens (tertiary/aromatic N) is 2. The van der Waals surface area contributed by atoms with Gasteiger partial charge >= 0.3 is 0 Å². The first-order valence-corrected chi connectivity index (χ1v) is 14.7. The Bertz CT molecular complexity index is 1170. The average Bonchev–Trinajstić information content (AvgIpc) is 2.96. The summed E-state index contributed by atoms with van der Waals surface area (Å²) in [4.78, 5) is 1.91. The maximum Gasteiger partial charge on any atom is 0.199 e. The van der Waals surface area contributed by atoms with Crippen molar-refractivity contribution in [3.63, 3.8) is 0 Å². The summed E-state index contributed by atoms with van der Waals surface area (Å²) in [7, 11) is -0.601. The molecule has 3 rings (SSSR count). The number of benzene rings is 2. The van der Waals surface area contributed by atoms with Crippen molar-refractivity contribution in [3.05, 3.63) is 89.5 Å². The normalized spacial score (nSPS) is 11.8. The van der Waals surface area contributed by atoms with Gasteiger partial charge in [-0.3, -0.25) is 0 Å². The third-order valence-electron chi connectivity index (χ3n) is 5.57. The molecule has 0 fully saturated rings. The molecule has 37 heavy (non-hydrogen) atoms. The van der Waals surface area contributed by atoms with Crippen LogP contribution in [0.25, 0.3) is 5.57 Å². The SMILES string of the molecule is CC.CC.CC.CCN(C)c1ccc(C(=C2C=CC(=[N+](C)CC)C=C2)c2ccccc2S(=O)(=O)[O-])cc1. The van der Waals surface area contributed by atoms with Crippen LogP contribution in [-0.4, -0.2) is 50.4 Å². The Balaban J connectivity index is 0.00000201. The van der Waals surface area contributed by atoms with Gasteiger partial charge in [0.1, 0.15) is 23.7 Å². The summed E-state index contributed by atoms with van der Waals surface area (Å²) < 4.78 is 38.1. The Hall–Kier alpha value is -2.96. The van der Waals surface area contributed by atoms with Crippen LogP contribution in [0.1, 0.15) is 66.5 Å². The van der Waals surface area contributed by atoms with Crippen molar-refractivity contribution in [2.45, 2.75) is 60.3 Å². The predicted octanol–water partition coefficient (Wildman–Crippen LogP) is 7.16. The van der Waals surface area contributed by atoms with E-state index in [1.165, 1.54) is 6.07 Å². The van der Waals surface area contributed by atoms with Crippen molar-refractivity contribution in [1.29, 1.82) is 0 Å². The van der Waals surface area contributed by atoms with Gasteiger partial charge in [0.2, 0.25) is 0 Å². The van der Waals surface area contributed by atoms with Gasteiger partial charge in [0.15, 0.2) is 5.71 Å². The maximum absolute atomic E-state index is 12.0. The molecule has 0 aromatic heterocycles. The first-order chi connectivity index (χ1) is 17.8. The predicted molar refractivity (Wildman–Crippen MR) is 160 cm³/mol. The van der Waals surface area contributed by atoms with Gasteiger partial charge < -0.3 is 9.45 Å². The second-order valence-electron chi connectivity index (χ2n) is 7.45. The molecule has 204 valence electrons. The number of anilines is 1. The molecule has 0 aliphatic heterocycles. The molecular formula is C31H46N2O3S. The lowest BCUT2D eigenvalue weighted by atomic mass is 9.90. The van der Waals surface area contributed by atoms with Crippen molar-refractivity contribution in [3.8, 4) is 0 Å². The second-order valence-corrected chi connectivity index (χ2v) is 8.80. The van der Waals surface area contributed by atoms with Crippen LogP contribution in [0, 0.1) is 0 Å². The lowest BCUT2D eigenvalue weighted by Gasteiger charge is -2.20. The van der Waals surface area contributed by atoms with Gasteiger partial charge in [-0.15, -0.1) is 0 Å². The van der Waals surface area contributed by atoms with Crippen LogP contribution in [0.5, 0.6) is 0 Å². The van der Waals surface area contributed by atoms with E-state index in [1.54, 1.807) is 18.2 Å². The molecule has 0 atom stereocenters. The van der Waals surface area contributed by atoms with E-state index in [9.17, 15) is 13.0 Å². The number of allylic oxidation sites excluding steroid dienone is 5. The van der Waals surface area contributed by atoms with E-state index in [-0.39, 0.29) is 4.90 Å². The minimum Gasteiger partial charge on any atom is -0.744 e. The van der Waals surface area contributed by atoms with Crippen molar-refractivity contribution < 1.29 is 17.5 Å². The van der Waals surface area contributed by atoms with Gasteiger partial charge in [-0.2, -0.15) is 0 Å². The van der Waals surface area contributed by atoms with Crippen LogP contribution in [-0.2, 0) is 10.1 Å². The zero-order valence-corrected chi connectivity index (χ0v) is 25.2. The molecule has 0 spiro atoms. The Kier molecular flexibility index (Phi) is 16.1. The molecule has 0 heterocycles. The molecule has 6 heteroatoms. The Morgan fingerprint density at radius 1 is 0.838 bits per heavy atom. The van der Waals surface area contributed by atoms with Crippen LogP contribution < -0.4 is 4.90 Å². The zero-order chi connectivity index (χ0) is 28.6. The topological polar surface area (TPSA) is 63.5 Å². The molecule has 0 bridgehead atoms. The lowest BCUT2D eigenvalue weighted by molar-refractivity contribution is -0.491. The largest absolute Gasteiger partial charge is 0.744 e. The fraction of sp³-hybridized carbons (Fsp3) is 0.387. The summed E-state index contributed by atoms with van der Waals surface area (Å²) in [6, 6.07) is 14.3. The Morgan fingerprint density at radius 2 is 1.35 bits per heavy atom. The lowest BCUT2D eigenvalue weighted by Crippen LogP contribution is -2.15. The number of hydrogen-bond donors (Lipinski definition) is 0. The van der Waals surface area contributed by atoms with Crippen molar-refractivity contribution >= 4 is 27.1 Å². The smallest absolute Gasteiger partial charge is 0.199 e. The highest BCUT2D eigenvalue weighted by Gasteiger charge is 2.18. The zero-order valence-electron chi connectivity index (χ0n) is 24.4. The quantitative estimate of drug-likeness (QED) is 0.296. The van der Waals surface area contributed by atoms with Gasteiger partial charge in [0.25, 0.3) is 0 Å². The van der Waals surface area contributed by atoms with Crippen LogP contribution in [0.15, 0.2) is 83.3 Å². The first-order valence-electron chi connectivity index (χ1n) is 13.3. The summed E-state index contributed by atoms with van der Waals surface area (Å²) in [5.74, 6) is 0. The highest BCUT2D eigenvalue weighted by Crippen LogP contribution is 2.34. The molecule has 2 aromatic rings. The van der Waals surface area contributed by atoms with Crippen molar-refractivity contribution in [2.24, 2.45) is 0 Å². The molecule has 5 nitrogen and oxygen atoms in total. The standard InChI is InChI=1S/C25H28N2O3S.3C2H6/c1-5-26(3)21-15-11-19(12-16-21)25(20-13-17-22(18-14-20)27(4)6-2)23-9-7-8-10-24(23)31(28,29)30;3*1-2/h7-18H,5-6H2,1-4H3;3*1-2H3. The fourth-order valence-electron chi connectivity index (χ4n) is 3.50. The van der Waals surface area contributed by atoms with Crippen molar-refractivity contribution in [1.82, 2.24) is 0 Å². The molecule has 1 aliphatic carbocycles. The molecule has 0 unspecified atom stereocenters. The highest BCUT2D eigenvalue weighted by molar-refractivity contribution is 7.85. The van der Waals surface area contributed by atoms with Crippen LogP contribution >= 0.6 is 0 Å². The number of hydrogen-bond acceptors (Lipinski definition) is 4. The van der Waals surface area contributed by atoms with Crippen molar-refractivity contribution in [2.75, 3.05) is 32.1 Å². The first kappa shape index (κ1) is 34.0. The van der Waals surface area contributed by atoms with Crippen LogP contribution in [0.4, 0.5) is 5.69 Å². The summed E-state index contributed by atoms with van der Waals surface area (Å²) in [5, 5.41) is 0. The Morgan fingerprint density at radius 3 is 1.81 bits per heavy atom. The maximum atomic E-state index is 12.0. The van der Waals surface area contributed by atoms with E-state index in [0.717, 1.165) is 35.6 Å². The second kappa shape index (κ2) is 17.5. The van der Waals surface area contributed by atoms with Crippen LogP contribution in [0.3, 0.4) is 0 Å². The molecule has 0 radical (unpaired) electrons. The molecule has 0 N–H and O–H groups in total. The van der Waals surface area contributed by atoms with Gasteiger partial charge in [-0.1, -0.05) is 71.9 Å². The summed E-state index contributed by atoms with van der Waals surface area (Å²) >= 11 is 0. The van der Waals surface area contributed by atoms with E-state index >= 15 is 0 Å². The molecule has 0 saturated carbocycles. The van der Waals surface area contributed by atoms with Crippen LogP contribution in [0.2, 0.25) is 0 Å². The average molecular weight is 527 g/mol. The molecular weight excluding hydrogens is 480 g/mol. The third kappa shape index (κ3) is 9.45. The minimum atomic E-state index is -4.63. The molecule has 0 saturated heterocycles. The molecule has 2 aromatic carbocycles. The van der Waals surface area contributed by atoms with Gasteiger partial charge in [-0.05, 0) is 60.9 Å². The molecule has 0 amide bonds. The van der Waals surface area contributed by atoms with Gasteiger partial charge in [0, 0.05) is 37.0 Å². The third-order valence-corrected chi connectivity index (χ3v) is 6.46. The highest BCUT2D eigenvalue weighted by atomic mass is 32.2. The van der Waals surface area contributed by atoms with E-state index in [1.807, 2.05) is 104 Å². The van der Waals surface area contributed by atoms with E-state index in [4.69, 9.17) is 0 Å². The number of rotatable bonds is 6. The fourth-order valence-corrected chi connectivity index (χ4v) is 4.18. The summed E-state index contributed by atoms with van der Waals surface area (Å²) in [6.45, 7) is 17.9. The van der Waals surface area contributed by atoms with E-state index in [2.05, 4.69) is 23.3 Å². The monoisotopic (exact) mass is 526 g/mol. The summed E-state index contributed by atoms with van der Waals surface area (Å²) in [6.07, 6.45) is 7.95. The van der Waals surface area contributed by atoms with Gasteiger partial charge in [0.05, 0.1) is 4.90 Å².